The minimum Gasteiger partial charge on any atom is -0.383 e. The standard InChI is InChI=1S/C15H28N4O/c1-11-14(12(2)18(3)17-11)15-13(16)7-5-6-8-19(15)9-10-20-4/h13,15H,5-10,16H2,1-4H3. The van der Waals surface area contributed by atoms with Crippen LogP contribution in [0.25, 0.3) is 0 Å². The Hall–Kier alpha value is -0.910. The number of hydrogen-bond acceptors (Lipinski definition) is 4. The molecule has 2 atom stereocenters. The van der Waals surface area contributed by atoms with Crippen LogP contribution in [0.3, 0.4) is 0 Å². The van der Waals surface area contributed by atoms with E-state index in [0.717, 1.165) is 31.8 Å². The van der Waals surface area contributed by atoms with Crippen molar-refractivity contribution in [3.8, 4) is 0 Å². The lowest BCUT2D eigenvalue weighted by molar-refractivity contribution is 0.114. The molecule has 2 N–H and O–H groups in total. The summed E-state index contributed by atoms with van der Waals surface area (Å²) in [4.78, 5) is 2.48. The van der Waals surface area contributed by atoms with Gasteiger partial charge in [0, 0.05) is 38.0 Å². The number of nitrogens with zero attached hydrogens (tertiary/aromatic N) is 3. The molecule has 5 heteroatoms. The second-order valence-electron chi connectivity index (χ2n) is 5.84. The number of rotatable bonds is 4. The number of nitrogens with two attached hydrogens (primary N) is 1. The van der Waals surface area contributed by atoms with Crippen LogP contribution in [0, 0.1) is 13.8 Å². The maximum Gasteiger partial charge on any atom is 0.0644 e. The van der Waals surface area contributed by atoms with E-state index in [-0.39, 0.29) is 12.1 Å². The van der Waals surface area contributed by atoms with Gasteiger partial charge in [-0.1, -0.05) is 6.42 Å². The fourth-order valence-corrected chi connectivity index (χ4v) is 3.34. The van der Waals surface area contributed by atoms with E-state index < -0.39 is 0 Å². The van der Waals surface area contributed by atoms with E-state index in [1.165, 1.54) is 24.1 Å². The number of aryl methyl sites for hydroxylation is 2. The molecule has 0 aromatic carbocycles. The summed E-state index contributed by atoms with van der Waals surface area (Å²) in [7, 11) is 3.76. The van der Waals surface area contributed by atoms with Gasteiger partial charge in [0.2, 0.25) is 0 Å². The summed E-state index contributed by atoms with van der Waals surface area (Å²) in [6.45, 7) is 7.01. The van der Waals surface area contributed by atoms with Gasteiger partial charge in [0.25, 0.3) is 0 Å². The van der Waals surface area contributed by atoms with Crippen molar-refractivity contribution in [2.24, 2.45) is 12.8 Å². The van der Waals surface area contributed by atoms with Crippen molar-refractivity contribution in [1.29, 1.82) is 0 Å². The first-order valence-corrected chi connectivity index (χ1v) is 7.55. The fourth-order valence-electron chi connectivity index (χ4n) is 3.34. The molecule has 1 saturated heterocycles. The second-order valence-corrected chi connectivity index (χ2v) is 5.84. The fraction of sp³-hybridized carbons (Fsp3) is 0.800. The zero-order valence-corrected chi connectivity index (χ0v) is 13.2. The van der Waals surface area contributed by atoms with Gasteiger partial charge in [-0.15, -0.1) is 0 Å². The normalized spacial score (nSPS) is 24.9. The number of methoxy groups -OCH3 is 1. The van der Waals surface area contributed by atoms with Crippen molar-refractivity contribution >= 4 is 0 Å². The monoisotopic (exact) mass is 280 g/mol. The second kappa shape index (κ2) is 6.70. The van der Waals surface area contributed by atoms with Crippen LogP contribution in [0.5, 0.6) is 0 Å². The molecule has 5 nitrogen and oxygen atoms in total. The van der Waals surface area contributed by atoms with Gasteiger partial charge in [-0.2, -0.15) is 5.10 Å². The Bertz CT molecular complexity index is 443. The molecule has 0 radical (unpaired) electrons. The zero-order valence-electron chi connectivity index (χ0n) is 13.2. The Morgan fingerprint density at radius 2 is 2.10 bits per heavy atom. The highest BCUT2D eigenvalue weighted by Gasteiger charge is 2.32. The molecule has 2 rings (SSSR count). The van der Waals surface area contributed by atoms with E-state index >= 15 is 0 Å². The maximum atomic E-state index is 6.50. The highest BCUT2D eigenvalue weighted by atomic mass is 16.5. The molecule has 1 aromatic rings. The third-order valence-electron chi connectivity index (χ3n) is 4.48. The number of likely N-dealkylation sites (tertiary alicyclic amines) is 1. The molecule has 2 heterocycles. The highest BCUT2D eigenvalue weighted by molar-refractivity contribution is 5.30. The van der Waals surface area contributed by atoms with Crippen LogP contribution < -0.4 is 5.73 Å². The van der Waals surface area contributed by atoms with E-state index in [1.807, 2.05) is 11.7 Å². The molecular weight excluding hydrogens is 252 g/mol. The average Bonchev–Trinajstić information content (AvgIpc) is 2.58. The van der Waals surface area contributed by atoms with Crippen LogP contribution >= 0.6 is 0 Å². The molecule has 20 heavy (non-hydrogen) atoms. The van der Waals surface area contributed by atoms with E-state index in [4.69, 9.17) is 10.5 Å². The topological polar surface area (TPSA) is 56.3 Å². The van der Waals surface area contributed by atoms with Crippen molar-refractivity contribution in [2.75, 3.05) is 26.8 Å². The van der Waals surface area contributed by atoms with Gasteiger partial charge in [-0.05, 0) is 33.2 Å². The van der Waals surface area contributed by atoms with E-state index in [0.29, 0.717) is 0 Å². The Morgan fingerprint density at radius 3 is 2.70 bits per heavy atom. The Labute approximate surface area is 122 Å². The third kappa shape index (κ3) is 3.05. The van der Waals surface area contributed by atoms with Crippen molar-refractivity contribution in [1.82, 2.24) is 14.7 Å². The molecule has 0 saturated carbocycles. The molecule has 0 aliphatic carbocycles. The molecule has 0 spiro atoms. The molecule has 1 aliphatic heterocycles. The summed E-state index contributed by atoms with van der Waals surface area (Å²) < 4.78 is 7.24. The molecule has 1 aliphatic rings. The zero-order chi connectivity index (χ0) is 14.7. The van der Waals surface area contributed by atoms with Crippen LogP contribution in [0.1, 0.15) is 42.3 Å². The van der Waals surface area contributed by atoms with Crippen LogP contribution in [0.15, 0.2) is 0 Å². The van der Waals surface area contributed by atoms with Crippen molar-refractivity contribution in [3.05, 3.63) is 17.0 Å². The summed E-state index contributed by atoms with van der Waals surface area (Å²) in [5, 5.41) is 4.57. The van der Waals surface area contributed by atoms with Gasteiger partial charge < -0.3 is 10.5 Å². The molecule has 0 bridgehead atoms. The van der Waals surface area contributed by atoms with E-state index in [9.17, 15) is 0 Å². The molecule has 1 aromatic heterocycles. The maximum absolute atomic E-state index is 6.50. The largest absolute Gasteiger partial charge is 0.383 e. The van der Waals surface area contributed by atoms with Gasteiger partial charge in [0.05, 0.1) is 18.3 Å². The molecule has 114 valence electrons. The SMILES string of the molecule is COCCN1CCCCC(N)C1c1c(C)nn(C)c1C. The first-order valence-electron chi connectivity index (χ1n) is 7.55. The van der Waals surface area contributed by atoms with E-state index in [2.05, 4.69) is 23.8 Å². The van der Waals surface area contributed by atoms with Crippen molar-refractivity contribution in [3.63, 3.8) is 0 Å². The lowest BCUT2D eigenvalue weighted by Crippen LogP contribution is -2.41. The molecular formula is C15H28N4O. The Balaban J connectivity index is 2.34. The summed E-state index contributed by atoms with van der Waals surface area (Å²) >= 11 is 0. The number of aromatic nitrogens is 2. The van der Waals surface area contributed by atoms with Gasteiger partial charge in [-0.3, -0.25) is 9.58 Å². The van der Waals surface area contributed by atoms with Gasteiger partial charge >= 0.3 is 0 Å². The minimum absolute atomic E-state index is 0.177. The Morgan fingerprint density at radius 1 is 1.35 bits per heavy atom. The summed E-state index contributed by atoms with van der Waals surface area (Å²) in [6, 6.07) is 0.442. The molecule has 2 unspecified atom stereocenters. The first kappa shape index (κ1) is 15.5. The first-order chi connectivity index (χ1) is 9.56. The smallest absolute Gasteiger partial charge is 0.0644 e. The predicted molar refractivity (Wildman–Crippen MR) is 80.7 cm³/mol. The van der Waals surface area contributed by atoms with Crippen LogP contribution in [0.2, 0.25) is 0 Å². The lowest BCUT2D eigenvalue weighted by Gasteiger charge is -2.33. The summed E-state index contributed by atoms with van der Waals surface area (Å²) in [6.07, 6.45) is 3.51. The lowest BCUT2D eigenvalue weighted by atomic mass is 9.94. The third-order valence-corrected chi connectivity index (χ3v) is 4.48. The summed E-state index contributed by atoms with van der Waals surface area (Å²) in [5.74, 6) is 0. The summed E-state index contributed by atoms with van der Waals surface area (Å²) in [5.41, 5.74) is 10.2. The van der Waals surface area contributed by atoms with Gasteiger partial charge in [0.15, 0.2) is 0 Å². The number of hydrogen-bond donors (Lipinski definition) is 1. The van der Waals surface area contributed by atoms with Gasteiger partial charge in [0.1, 0.15) is 0 Å². The van der Waals surface area contributed by atoms with Crippen molar-refractivity contribution < 1.29 is 4.74 Å². The molecule has 1 fully saturated rings. The predicted octanol–water partition coefficient (Wildman–Crippen LogP) is 1.54. The quantitative estimate of drug-likeness (QED) is 0.909. The Kier molecular flexibility index (Phi) is 5.18. The van der Waals surface area contributed by atoms with Gasteiger partial charge in [-0.25, -0.2) is 0 Å². The van der Waals surface area contributed by atoms with Crippen molar-refractivity contribution in [2.45, 2.75) is 45.2 Å². The van der Waals surface area contributed by atoms with E-state index in [1.54, 1.807) is 7.11 Å². The number of ether oxygens (including phenoxy) is 1. The molecule has 0 amide bonds. The highest BCUT2D eigenvalue weighted by Crippen LogP contribution is 2.32. The van der Waals surface area contributed by atoms with Crippen LogP contribution in [-0.4, -0.2) is 47.5 Å². The van der Waals surface area contributed by atoms with Crippen LogP contribution in [-0.2, 0) is 11.8 Å². The van der Waals surface area contributed by atoms with Crippen LogP contribution in [0.4, 0.5) is 0 Å². The average molecular weight is 280 g/mol. The minimum atomic E-state index is 0.177.